The van der Waals surface area contributed by atoms with Crippen molar-refractivity contribution in [2.24, 2.45) is 5.73 Å². The number of rotatable bonds is 6. The van der Waals surface area contributed by atoms with Crippen molar-refractivity contribution in [3.8, 4) is 0 Å². The molecule has 21 heavy (non-hydrogen) atoms. The standard InChI is InChI=1S/C17H27BrN2O/c1-13(2)20(8-9-21-3)17(12-19)7-6-14-10-16(18)5-4-15(14)11-17/h4-5,10,13H,6-9,11-12,19H2,1-3H3. The van der Waals surface area contributed by atoms with Gasteiger partial charge in [0.1, 0.15) is 0 Å². The molecule has 1 aliphatic carbocycles. The molecule has 0 aliphatic heterocycles. The number of methoxy groups -OCH3 is 1. The first-order chi connectivity index (χ1) is 10.0. The summed E-state index contributed by atoms with van der Waals surface area (Å²) in [7, 11) is 1.77. The molecule has 0 heterocycles. The SMILES string of the molecule is COCCN(C(C)C)C1(CN)CCc2cc(Br)ccc2C1. The predicted octanol–water partition coefficient (Wildman–Crippen LogP) is 2.99. The van der Waals surface area contributed by atoms with Gasteiger partial charge in [-0.25, -0.2) is 0 Å². The number of halogens is 1. The molecule has 0 saturated heterocycles. The van der Waals surface area contributed by atoms with Crippen LogP contribution in [-0.4, -0.2) is 43.3 Å². The maximum absolute atomic E-state index is 6.24. The second-order valence-electron chi connectivity index (χ2n) is 6.30. The Balaban J connectivity index is 2.27. The molecule has 1 atom stereocenters. The summed E-state index contributed by atoms with van der Waals surface area (Å²) in [4.78, 5) is 2.54. The predicted molar refractivity (Wildman–Crippen MR) is 91.7 cm³/mol. The molecular weight excluding hydrogens is 328 g/mol. The Labute approximate surface area is 137 Å². The minimum Gasteiger partial charge on any atom is -0.383 e. The summed E-state index contributed by atoms with van der Waals surface area (Å²) in [6.45, 7) is 6.91. The number of nitrogens with two attached hydrogens (primary N) is 1. The van der Waals surface area contributed by atoms with E-state index in [1.807, 2.05) is 0 Å². The fourth-order valence-electron chi connectivity index (χ4n) is 3.58. The van der Waals surface area contributed by atoms with Crippen LogP contribution in [0.2, 0.25) is 0 Å². The van der Waals surface area contributed by atoms with Crippen LogP contribution in [0, 0.1) is 0 Å². The highest BCUT2D eigenvalue weighted by Crippen LogP contribution is 2.35. The number of ether oxygens (including phenoxy) is 1. The molecular formula is C17H27BrN2O. The average Bonchev–Trinajstić information content (AvgIpc) is 2.47. The third-order valence-corrected chi connectivity index (χ3v) is 5.19. The van der Waals surface area contributed by atoms with Crippen molar-refractivity contribution in [1.82, 2.24) is 4.90 Å². The lowest BCUT2D eigenvalue weighted by Gasteiger charge is -2.48. The van der Waals surface area contributed by atoms with Crippen molar-refractivity contribution < 1.29 is 4.74 Å². The van der Waals surface area contributed by atoms with E-state index in [9.17, 15) is 0 Å². The number of fused-ring (bicyclic) bond motifs is 1. The van der Waals surface area contributed by atoms with Crippen LogP contribution >= 0.6 is 15.9 Å². The van der Waals surface area contributed by atoms with Crippen LogP contribution < -0.4 is 5.73 Å². The normalized spacial score (nSPS) is 21.9. The third kappa shape index (κ3) is 3.67. The van der Waals surface area contributed by atoms with Crippen LogP contribution in [0.3, 0.4) is 0 Å². The molecule has 0 radical (unpaired) electrons. The highest BCUT2D eigenvalue weighted by molar-refractivity contribution is 9.10. The third-order valence-electron chi connectivity index (χ3n) is 4.70. The number of benzene rings is 1. The van der Waals surface area contributed by atoms with Crippen molar-refractivity contribution in [1.29, 1.82) is 0 Å². The maximum Gasteiger partial charge on any atom is 0.0590 e. The number of aryl methyl sites for hydroxylation is 1. The quantitative estimate of drug-likeness (QED) is 0.853. The Morgan fingerprint density at radius 2 is 2.14 bits per heavy atom. The molecule has 4 heteroatoms. The first-order valence-electron chi connectivity index (χ1n) is 7.75. The molecule has 2 N–H and O–H groups in total. The van der Waals surface area contributed by atoms with Crippen molar-refractivity contribution >= 4 is 15.9 Å². The Morgan fingerprint density at radius 3 is 2.76 bits per heavy atom. The van der Waals surface area contributed by atoms with Gasteiger partial charge in [0.25, 0.3) is 0 Å². The average molecular weight is 355 g/mol. The molecule has 1 aliphatic rings. The zero-order valence-corrected chi connectivity index (χ0v) is 14.9. The first kappa shape index (κ1) is 16.9. The smallest absolute Gasteiger partial charge is 0.0590 e. The molecule has 1 aromatic carbocycles. The van der Waals surface area contributed by atoms with E-state index in [2.05, 4.69) is 52.9 Å². The van der Waals surface area contributed by atoms with E-state index < -0.39 is 0 Å². The van der Waals surface area contributed by atoms with Crippen LogP contribution in [0.5, 0.6) is 0 Å². The topological polar surface area (TPSA) is 38.5 Å². The van der Waals surface area contributed by atoms with E-state index in [1.54, 1.807) is 7.11 Å². The van der Waals surface area contributed by atoms with Crippen molar-refractivity contribution in [3.05, 3.63) is 33.8 Å². The number of nitrogens with zero attached hydrogens (tertiary/aromatic N) is 1. The van der Waals surface area contributed by atoms with Crippen LogP contribution in [0.4, 0.5) is 0 Å². The van der Waals surface area contributed by atoms with Crippen LogP contribution in [0.15, 0.2) is 22.7 Å². The molecule has 2 rings (SSSR count). The highest BCUT2D eigenvalue weighted by atomic mass is 79.9. The minimum atomic E-state index is 0.0630. The molecule has 0 saturated carbocycles. The van der Waals surface area contributed by atoms with Gasteiger partial charge in [-0.05, 0) is 56.4 Å². The molecule has 0 fully saturated rings. The van der Waals surface area contributed by atoms with Crippen molar-refractivity contribution in [2.75, 3.05) is 26.8 Å². The number of hydrogen-bond donors (Lipinski definition) is 1. The van der Waals surface area contributed by atoms with Crippen molar-refractivity contribution in [2.45, 2.75) is 44.7 Å². The van der Waals surface area contributed by atoms with Gasteiger partial charge in [0, 0.05) is 36.3 Å². The summed E-state index contributed by atoms with van der Waals surface area (Å²) in [5.41, 5.74) is 9.21. The molecule has 0 aromatic heterocycles. The Kier molecular flexibility index (Phi) is 5.83. The van der Waals surface area contributed by atoms with E-state index in [4.69, 9.17) is 10.5 Å². The van der Waals surface area contributed by atoms with Gasteiger partial charge in [0.05, 0.1) is 6.61 Å². The largest absolute Gasteiger partial charge is 0.383 e. The zero-order chi connectivity index (χ0) is 15.5. The highest BCUT2D eigenvalue weighted by Gasteiger charge is 2.39. The fraction of sp³-hybridized carbons (Fsp3) is 0.647. The summed E-state index contributed by atoms with van der Waals surface area (Å²) in [5.74, 6) is 0. The Hall–Kier alpha value is -0.420. The minimum absolute atomic E-state index is 0.0630. The molecule has 3 nitrogen and oxygen atoms in total. The summed E-state index contributed by atoms with van der Waals surface area (Å²) >= 11 is 3.57. The molecule has 0 spiro atoms. The van der Waals surface area contributed by atoms with Gasteiger partial charge in [-0.15, -0.1) is 0 Å². The first-order valence-corrected chi connectivity index (χ1v) is 8.55. The van der Waals surface area contributed by atoms with Gasteiger partial charge in [0.2, 0.25) is 0 Å². The zero-order valence-electron chi connectivity index (χ0n) is 13.4. The van der Waals surface area contributed by atoms with Crippen LogP contribution in [-0.2, 0) is 17.6 Å². The van der Waals surface area contributed by atoms with Crippen LogP contribution in [0.25, 0.3) is 0 Å². The summed E-state index contributed by atoms with van der Waals surface area (Å²) in [5, 5.41) is 0. The molecule has 0 amide bonds. The second kappa shape index (κ2) is 7.23. The second-order valence-corrected chi connectivity index (χ2v) is 7.21. The molecule has 0 bridgehead atoms. The maximum atomic E-state index is 6.24. The fourth-order valence-corrected chi connectivity index (χ4v) is 3.99. The summed E-state index contributed by atoms with van der Waals surface area (Å²) in [6.07, 6.45) is 3.25. The van der Waals surface area contributed by atoms with Gasteiger partial charge < -0.3 is 10.5 Å². The molecule has 1 aromatic rings. The van der Waals surface area contributed by atoms with Gasteiger partial charge >= 0.3 is 0 Å². The lowest BCUT2D eigenvalue weighted by atomic mass is 9.76. The van der Waals surface area contributed by atoms with E-state index >= 15 is 0 Å². The van der Waals surface area contributed by atoms with Crippen LogP contribution in [0.1, 0.15) is 31.4 Å². The van der Waals surface area contributed by atoms with E-state index in [-0.39, 0.29) is 5.54 Å². The molecule has 1 unspecified atom stereocenters. The lowest BCUT2D eigenvalue weighted by Crippen LogP contribution is -2.60. The lowest BCUT2D eigenvalue weighted by molar-refractivity contribution is 0.0248. The molecule has 118 valence electrons. The van der Waals surface area contributed by atoms with Gasteiger partial charge in [-0.3, -0.25) is 4.90 Å². The van der Waals surface area contributed by atoms with Gasteiger partial charge in [-0.1, -0.05) is 22.0 Å². The number of hydrogen-bond acceptors (Lipinski definition) is 3. The van der Waals surface area contributed by atoms with Gasteiger partial charge in [0.15, 0.2) is 0 Å². The Morgan fingerprint density at radius 1 is 1.38 bits per heavy atom. The summed E-state index contributed by atoms with van der Waals surface area (Å²) < 4.78 is 6.47. The van der Waals surface area contributed by atoms with Crippen molar-refractivity contribution in [3.63, 3.8) is 0 Å². The van der Waals surface area contributed by atoms with E-state index in [0.717, 1.165) is 32.4 Å². The Bertz CT molecular complexity index is 478. The van der Waals surface area contributed by atoms with E-state index in [0.29, 0.717) is 12.6 Å². The van der Waals surface area contributed by atoms with Gasteiger partial charge in [-0.2, -0.15) is 0 Å². The van der Waals surface area contributed by atoms with E-state index in [1.165, 1.54) is 15.6 Å². The monoisotopic (exact) mass is 354 g/mol. The summed E-state index contributed by atoms with van der Waals surface area (Å²) in [6, 6.07) is 7.11.